The lowest BCUT2D eigenvalue weighted by atomic mass is 9.89. The van der Waals surface area contributed by atoms with Crippen molar-refractivity contribution in [1.29, 1.82) is 0 Å². The van der Waals surface area contributed by atoms with Gasteiger partial charge < -0.3 is 4.90 Å². The molecular weight excluding hydrogens is 639 g/mol. The SMILES string of the molecule is c1ccc(-c2cccc(-c3ccc(N(c4ccc(-c5ccc6ccccc6c5-c5ccccc5)cc4)c4ccccc4-c4ccccc4)cc3)c2)cc1. The molecule has 0 aliphatic carbocycles. The zero-order valence-corrected chi connectivity index (χ0v) is 29.3. The van der Waals surface area contributed by atoms with E-state index in [0.29, 0.717) is 0 Å². The van der Waals surface area contributed by atoms with E-state index in [0.717, 1.165) is 17.1 Å². The van der Waals surface area contributed by atoms with Crippen molar-refractivity contribution >= 4 is 27.8 Å². The first-order valence-electron chi connectivity index (χ1n) is 18.2. The molecule has 9 aromatic carbocycles. The summed E-state index contributed by atoms with van der Waals surface area (Å²) in [6, 6.07) is 80.7. The summed E-state index contributed by atoms with van der Waals surface area (Å²) >= 11 is 0. The van der Waals surface area contributed by atoms with Crippen LogP contribution in [-0.2, 0) is 0 Å². The summed E-state index contributed by atoms with van der Waals surface area (Å²) in [5, 5.41) is 2.50. The molecule has 0 heterocycles. The second-order valence-corrected chi connectivity index (χ2v) is 13.3. The molecule has 1 heteroatoms. The van der Waals surface area contributed by atoms with Gasteiger partial charge in [0.15, 0.2) is 0 Å². The third-order valence-corrected chi connectivity index (χ3v) is 10.1. The molecule has 0 bridgehead atoms. The Labute approximate surface area is 311 Å². The van der Waals surface area contributed by atoms with Crippen LogP contribution in [0.5, 0.6) is 0 Å². The van der Waals surface area contributed by atoms with Gasteiger partial charge in [0.05, 0.1) is 5.69 Å². The molecule has 0 N–H and O–H groups in total. The van der Waals surface area contributed by atoms with Crippen molar-refractivity contribution in [3.63, 3.8) is 0 Å². The van der Waals surface area contributed by atoms with Crippen LogP contribution in [0.15, 0.2) is 224 Å². The van der Waals surface area contributed by atoms with Crippen molar-refractivity contribution in [1.82, 2.24) is 0 Å². The Kier molecular flexibility index (Phi) is 8.66. The highest BCUT2D eigenvalue weighted by Gasteiger charge is 2.18. The van der Waals surface area contributed by atoms with Gasteiger partial charge in [-0.25, -0.2) is 0 Å². The summed E-state index contributed by atoms with van der Waals surface area (Å²) < 4.78 is 0. The van der Waals surface area contributed by atoms with Gasteiger partial charge in [-0.05, 0) is 97.2 Å². The van der Waals surface area contributed by atoms with Crippen LogP contribution in [0.1, 0.15) is 0 Å². The number of para-hydroxylation sites is 1. The quantitative estimate of drug-likeness (QED) is 0.155. The van der Waals surface area contributed by atoms with Crippen LogP contribution in [0.3, 0.4) is 0 Å². The van der Waals surface area contributed by atoms with Crippen LogP contribution in [0.4, 0.5) is 17.1 Å². The van der Waals surface area contributed by atoms with Gasteiger partial charge in [-0.15, -0.1) is 0 Å². The predicted octanol–water partition coefficient (Wildman–Crippen LogP) is 14.6. The third kappa shape index (κ3) is 6.42. The molecule has 1 nitrogen and oxygen atoms in total. The summed E-state index contributed by atoms with van der Waals surface area (Å²) in [5.41, 5.74) is 15.4. The zero-order chi connectivity index (χ0) is 35.4. The molecule has 250 valence electrons. The van der Waals surface area contributed by atoms with E-state index in [1.165, 1.54) is 66.4 Å². The molecule has 0 spiro atoms. The zero-order valence-electron chi connectivity index (χ0n) is 29.3. The van der Waals surface area contributed by atoms with Crippen LogP contribution in [-0.4, -0.2) is 0 Å². The van der Waals surface area contributed by atoms with E-state index in [1.807, 2.05) is 0 Å². The van der Waals surface area contributed by atoms with Crippen molar-refractivity contribution < 1.29 is 0 Å². The van der Waals surface area contributed by atoms with Gasteiger partial charge in [0.2, 0.25) is 0 Å². The largest absolute Gasteiger partial charge is 0.310 e. The van der Waals surface area contributed by atoms with E-state index < -0.39 is 0 Å². The van der Waals surface area contributed by atoms with Crippen molar-refractivity contribution in [2.75, 3.05) is 4.90 Å². The van der Waals surface area contributed by atoms with E-state index in [2.05, 4.69) is 229 Å². The Morgan fingerprint density at radius 1 is 0.264 bits per heavy atom. The average molecular weight is 676 g/mol. The van der Waals surface area contributed by atoms with Crippen molar-refractivity contribution in [2.45, 2.75) is 0 Å². The minimum atomic E-state index is 1.10. The fourth-order valence-electron chi connectivity index (χ4n) is 7.49. The summed E-state index contributed by atoms with van der Waals surface area (Å²) in [6.45, 7) is 0. The molecule has 9 rings (SSSR count). The summed E-state index contributed by atoms with van der Waals surface area (Å²) in [7, 11) is 0. The van der Waals surface area contributed by atoms with Gasteiger partial charge in [0.25, 0.3) is 0 Å². The van der Waals surface area contributed by atoms with Crippen LogP contribution in [0, 0.1) is 0 Å². The van der Waals surface area contributed by atoms with Gasteiger partial charge in [0, 0.05) is 16.9 Å². The Morgan fingerprint density at radius 3 is 1.40 bits per heavy atom. The van der Waals surface area contributed by atoms with Gasteiger partial charge in [-0.3, -0.25) is 0 Å². The summed E-state index contributed by atoms with van der Waals surface area (Å²) in [6.07, 6.45) is 0. The maximum atomic E-state index is 2.38. The molecule has 0 saturated carbocycles. The van der Waals surface area contributed by atoms with Crippen LogP contribution >= 0.6 is 0 Å². The van der Waals surface area contributed by atoms with E-state index in [4.69, 9.17) is 0 Å². The van der Waals surface area contributed by atoms with E-state index in [9.17, 15) is 0 Å². The molecular formula is C52H37N. The van der Waals surface area contributed by atoms with Gasteiger partial charge in [0.1, 0.15) is 0 Å². The molecule has 0 atom stereocenters. The van der Waals surface area contributed by atoms with Crippen molar-refractivity contribution in [2.24, 2.45) is 0 Å². The van der Waals surface area contributed by atoms with Crippen LogP contribution in [0.2, 0.25) is 0 Å². The van der Waals surface area contributed by atoms with E-state index in [-0.39, 0.29) is 0 Å². The first-order valence-corrected chi connectivity index (χ1v) is 18.2. The highest BCUT2D eigenvalue weighted by molar-refractivity contribution is 6.04. The number of hydrogen-bond donors (Lipinski definition) is 0. The fraction of sp³-hybridized carbons (Fsp3) is 0. The molecule has 0 fully saturated rings. The van der Waals surface area contributed by atoms with Crippen molar-refractivity contribution in [3.8, 4) is 55.6 Å². The monoisotopic (exact) mass is 675 g/mol. The number of hydrogen-bond acceptors (Lipinski definition) is 1. The molecule has 0 aliphatic rings. The normalized spacial score (nSPS) is 11.0. The molecule has 9 aromatic rings. The number of anilines is 3. The second-order valence-electron chi connectivity index (χ2n) is 13.3. The fourth-order valence-corrected chi connectivity index (χ4v) is 7.49. The van der Waals surface area contributed by atoms with Crippen molar-refractivity contribution in [3.05, 3.63) is 224 Å². The van der Waals surface area contributed by atoms with Crippen LogP contribution < -0.4 is 4.90 Å². The lowest BCUT2D eigenvalue weighted by Crippen LogP contribution is -2.11. The Morgan fingerprint density at radius 2 is 0.736 bits per heavy atom. The number of benzene rings is 9. The molecule has 0 aromatic heterocycles. The predicted molar refractivity (Wildman–Crippen MR) is 226 cm³/mol. The minimum absolute atomic E-state index is 1.10. The number of rotatable bonds is 8. The smallest absolute Gasteiger partial charge is 0.0540 e. The highest BCUT2D eigenvalue weighted by atomic mass is 15.1. The van der Waals surface area contributed by atoms with Gasteiger partial charge in [-0.2, -0.15) is 0 Å². The number of fused-ring (bicyclic) bond motifs is 1. The summed E-state index contributed by atoms with van der Waals surface area (Å²) in [5.74, 6) is 0. The summed E-state index contributed by atoms with van der Waals surface area (Å²) in [4.78, 5) is 2.38. The second kappa shape index (κ2) is 14.3. The average Bonchev–Trinajstić information content (AvgIpc) is 3.25. The third-order valence-electron chi connectivity index (χ3n) is 10.1. The lowest BCUT2D eigenvalue weighted by Gasteiger charge is -2.28. The maximum Gasteiger partial charge on any atom is 0.0540 e. The topological polar surface area (TPSA) is 3.24 Å². The van der Waals surface area contributed by atoms with Gasteiger partial charge >= 0.3 is 0 Å². The van der Waals surface area contributed by atoms with Gasteiger partial charge in [-0.1, -0.05) is 188 Å². The maximum absolute atomic E-state index is 2.38. The number of nitrogens with zero attached hydrogens (tertiary/aromatic N) is 1. The Balaban J connectivity index is 1.15. The molecule has 0 radical (unpaired) electrons. The first-order chi connectivity index (χ1) is 26.3. The molecule has 0 unspecified atom stereocenters. The Hall–Kier alpha value is -6.96. The first kappa shape index (κ1) is 32.0. The molecule has 53 heavy (non-hydrogen) atoms. The van der Waals surface area contributed by atoms with Crippen LogP contribution in [0.25, 0.3) is 66.4 Å². The van der Waals surface area contributed by atoms with E-state index >= 15 is 0 Å². The Bertz CT molecular complexity index is 2630. The lowest BCUT2D eigenvalue weighted by molar-refractivity contribution is 1.28. The molecule has 0 saturated heterocycles. The standard InChI is InChI=1S/C52H37N/c1-4-15-38(16-5-1)44-22-14-23-45(37-44)39-27-32-46(33-28-39)53(51-26-13-12-24-48(51)40-17-6-2-7-18-40)47-34-29-42(30-35-47)50-36-31-41-19-10-11-25-49(41)52(50)43-20-8-3-9-21-43/h1-37H. The molecule has 0 amide bonds. The van der Waals surface area contributed by atoms with E-state index in [1.54, 1.807) is 0 Å². The highest BCUT2D eigenvalue weighted by Crippen LogP contribution is 2.43. The molecule has 0 aliphatic heterocycles. The minimum Gasteiger partial charge on any atom is -0.310 e.